The number of hydrogen-bond acceptors (Lipinski definition) is 3. The van der Waals surface area contributed by atoms with Crippen molar-refractivity contribution in [2.45, 2.75) is 71.9 Å². The van der Waals surface area contributed by atoms with Crippen LogP contribution in [0.2, 0.25) is 0 Å². The summed E-state index contributed by atoms with van der Waals surface area (Å²) in [7, 11) is 0. The summed E-state index contributed by atoms with van der Waals surface area (Å²) < 4.78 is 21.9. The monoisotopic (exact) mass is 312 g/mol. The molecular weight excluding hydrogens is 272 g/mol. The Morgan fingerprint density at radius 3 is 2.18 bits per heavy atom. The van der Waals surface area contributed by atoms with Gasteiger partial charge in [-0.1, -0.05) is 13.8 Å². The van der Waals surface area contributed by atoms with E-state index in [1.165, 1.54) is 45.6 Å². The first-order valence-corrected chi connectivity index (χ1v) is 9.36. The van der Waals surface area contributed by atoms with E-state index in [-0.39, 0.29) is 18.6 Å². The SMILES string of the molecule is [2H]C([2H])(COC1CCC(CN2CCN(C(C)C)CC2)CC1)C(C)C. The zero-order valence-electron chi connectivity index (χ0n) is 17.2. The molecule has 0 bridgehead atoms. The smallest absolute Gasteiger partial charge is 0.0575 e. The molecule has 1 aliphatic carbocycles. The van der Waals surface area contributed by atoms with Crippen LogP contribution in [0, 0.1) is 11.8 Å². The third kappa shape index (κ3) is 6.17. The lowest BCUT2D eigenvalue weighted by Gasteiger charge is -2.39. The zero-order valence-corrected chi connectivity index (χ0v) is 15.2. The number of hydrogen-bond donors (Lipinski definition) is 0. The van der Waals surface area contributed by atoms with Crippen LogP contribution in [0.25, 0.3) is 0 Å². The Morgan fingerprint density at radius 2 is 1.64 bits per heavy atom. The molecule has 0 aromatic heterocycles. The maximum Gasteiger partial charge on any atom is 0.0575 e. The number of rotatable bonds is 7. The van der Waals surface area contributed by atoms with Crippen LogP contribution in [0.3, 0.4) is 0 Å². The van der Waals surface area contributed by atoms with Gasteiger partial charge in [0.2, 0.25) is 0 Å². The van der Waals surface area contributed by atoms with Crippen molar-refractivity contribution in [1.82, 2.24) is 9.80 Å². The number of piperazine rings is 1. The predicted octanol–water partition coefficient (Wildman–Crippen LogP) is 3.63. The summed E-state index contributed by atoms with van der Waals surface area (Å²) in [6.45, 7) is 14.8. The fourth-order valence-electron chi connectivity index (χ4n) is 3.64. The highest BCUT2D eigenvalue weighted by atomic mass is 16.5. The van der Waals surface area contributed by atoms with Crippen molar-refractivity contribution in [2.75, 3.05) is 39.3 Å². The summed E-state index contributed by atoms with van der Waals surface area (Å²) in [5.74, 6) is 0.815. The van der Waals surface area contributed by atoms with Crippen molar-refractivity contribution in [3.63, 3.8) is 0 Å². The van der Waals surface area contributed by atoms with Gasteiger partial charge in [0, 0.05) is 48.1 Å². The average molecular weight is 313 g/mol. The van der Waals surface area contributed by atoms with Gasteiger partial charge in [-0.05, 0) is 57.7 Å². The lowest BCUT2D eigenvalue weighted by Crippen LogP contribution is -2.50. The largest absolute Gasteiger partial charge is 0.378 e. The highest BCUT2D eigenvalue weighted by molar-refractivity contribution is 4.79. The van der Waals surface area contributed by atoms with Gasteiger partial charge in [-0.15, -0.1) is 0 Å². The third-order valence-corrected chi connectivity index (χ3v) is 5.26. The van der Waals surface area contributed by atoms with E-state index in [0.29, 0.717) is 6.04 Å². The van der Waals surface area contributed by atoms with E-state index in [1.54, 1.807) is 0 Å². The molecule has 0 radical (unpaired) electrons. The first-order chi connectivity index (χ1) is 11.3. The maximum absolute atomic E-state index is 7.99. The zero-order chi connectivity index (χ0) is 17.7. The minimum Gasteiger partial charge on any atom is -0.378 e. The first-order valence-electron chi connectivity index (χ1n) is 10.4. The van der Waals surface area contributed by atoms with Crippen LogP contribution in [0.1, 0.15) is 62.5 Å². The lowest BCUT2D eigenvalue weighted by atomic mass is 9.87. The van der Waals surface area contributed by atoms with Gasteiger partial charge in [0.15, 0.2) is 0 Å². The molecule has 1 heterocycles. The highest BCUT2D eigenvalue weighted by Crippen LogP contribution is 2.27. The highest BCUT2D eigenvalue weighted by Gasteiger charge is 2.25. The molecule has 130 valence electrons. The third-order valence-electron chi connectivity index (χ3n) is 5.26. The second kappa shape index (κ2) is 9.24. The molecule has 2 aliphatic rings. The summed E-state index contributed by atoms with van der Waals surface area (Å²) in [6, 6.07) is 0.673. The van der Waals surface area contributed by atoms with Crippen LogP contribution in [-0.4, -0.2) is 61.3 Å². The van der Waals surface area contributed by atoms with Crippen LogP contribution in [0.15, 0.2) is 0 Å². The van der Waals surface area contributed by atoms with Crippen LogP contribution in [-0.2, 0) is 4.74 Å². The van der Waals surface area contributed by atoms with Crippen LogP contribution in [0.5, 0.6) is 0 Å². The molecule has 0 aromatic carbocycles. The summed E-state index contributed by atoms with van der Waals surface area (Å²) >= 11 is 0. The molecule has 3 heteroatoms. The van der Waals surface area contributed by atoms with Gasteiger partial charge >= 0.3 is 0 Å². The fraction of sp³-hybridized carbons (Fsp3) is 1.00. The summed E-state index contributed by atoms with van der Waals surface area (Å²) in [4.78, 5) is 5.21. The Labute approximate surface area is 141 Å². The first kappa shape index (κ1) is 15.4. The van der Waals surface area contributed by atoms with Crippen molar-refractivity contribution in [2.24, 2.45) is 11.8 Å². The number of ether oxygens (including phenoxy) is 1. The second-order valence-electron chi connectivity index (χ2n) is 7.74. The molecule has 0 aromatic rings. The van der Waals surface area contributed by atoms with Gasteiger partial charge in [-0.2, -0.15) is 0 Å². The molecule has 0 atom stereocenters. The Balaban J connectivity index is 1.63. The summed E-state index contributed by atoms with van der Waals surface area (Å²) in [5, 5.41) is 0. The lowest BCUT2D eigenvalue weighted by molar-refractivity contribution is 0.00637. The fourth-order valence-corrected chi connectivity index (χ4v) is 3.64. The van der Waals surface area contributed by atoms with E-state index in [2.05, 4.69) is 23.6 Å². The molecule has 0 unspecified atom stereocenters. The molecule has 22 heavy (non-hydrogen) atoms. The van der Waals surface area contributed by atoms with Crippen LogP contribution < -0.4 is 0 Å². The molecule has 0 N–H and O–H groups in total. The summed E-state index contributed by atoms with van der Waals surface area (Å²) in [6.07, 6.45) is 3.75. The van der Waals surface area contributed by atoms with Gasteiger partial charge in [0.25, 0.3) is 0 Å². The van der Waals surface area contributed by atoms with E-state index in [9.17, 15) is 0 Å². The van der Waals surface area contributed by atoms with E-state index >= 15 is 0 Å². The van der Waals surface area contributed by atoms with Crippen molar-refractivity contribution in [3.05, 3.63) is 0 Å². The van der Waals surface area contributed by atoms with Gasteiger partial charge < -0.3 is 9.64 Å². The molecule has 3 nitrogen and oxygen atoms in total. The van der Waals surface area contributed by atoms with Gasteiger partial charge in [0.05, 0.1) is 6.10 Å². The average Bonchev–Trinajstić information content (AvgIpc) is 2.54. The Bertz CT molecular complexity index is 360. The second-order valence-corrected chi connectivity index (χ2v) is 7.74. The molecule has 0 amide bonds. The maximum atomic E-state index is 7.99. The van der Waals surface area contributed by atoms with E-state index < -0.39 is 6.37 Å². The molecular formula is C19H38N2O. The normalized spacial score (nSPS) is 30.6. The number of nitrogens with zero attached hydrogens (tertiary/aromatic N) is 2. The molecule has 1 aliphatic heterocycles. The standard InChI is InChI=1S/C19H38N2O/c1-16(2)9-14-22-19-7-5-18(6-8-19)15-20-10-12-21(13-11-20)17(3)4/h16-19H,5-15H2,1-4H3/i9D2. The molecule has 2 fully saturated rings. The van der Waals surface area contributed by atoms with E-state index in [0.717, 1.165) is 18.8 Å². The van der Waals surface area contributed by atoms with Crippen molar-refractivity contribution in [1.29, 1.82) is 0 Å². The minimum atomic E-state index is -1.20. The predicted molar refractivity (Wildman–Crippen MR) is 94.3 cm³/mol. The summed E-state index contributed by atoms with van der Waals surface area (Å²) in [5.41, 5.74) is 0. The van der Waals surface area contributed by atoms with E-state index in [1.807, 2.05) is 13.8 Å². The van der Waals surface area contributed by atoms with Crippen molar-refractivity contribution in [3.8, 4) is 0 Å². The Kier molecular flexibility index (Phi) is 6.47. The van der Waals surface area contributed by atoms with Crippen LogP contribution in [0.4, 0.5) is 0 Å². The Hall–Kier alpha value is -0.120. The Morgan fingerprint density at radius 1 is 1.00 bits per heavy atom. The molecule has 0 spiro atoms. The topological polar surface area (TPSA) is 15.7 Å². The van der Waals surface area contributed by atoms with E-state index in [4.69, 9.17) is 7.48 Å². The van der Waals surface area contributed by atoms with Gasteiger partial charge in [-0.3, -0.25) is 4.90 Å². The van der Waals surface area contributed by atoms with Gasteiger partial charge in [0.1, 0.15) is 0 Å². The molecule has 2 rings (SSSR count). The van der Waals surface area contributed by atoms with Crippen molar-refractivity contribution >= 4 is 0 Å². The molecule has 1 saturated heterocycles. The minimum absolute atomic E-state index is 0.0124. The molecule has 1 saturated carbocycles. The van der Waals surface area contributed by atoms with Crippen LogP contribution >= 0.6 is 0 Å². The van der Waals surface area contributed by atoms with Crippen molar-refractivity contribution < 1.29 is 7.48 Å². The van der Waals surface area contributed by atoms with Gasteiger partial charge in [-0.25, -0.2) is 0 Å². The quantitative estimate of drug-likeness (QED) is 0.714.